The minimum absolute atomic E-state index is 0.0513. The number of aromatic hydroxyl groups is 1. The van der Waals surface area contributed by atoms with Gasteiger partial charge in [-0.25, -0.2) is 0 Å². The second-order valence-corrected chi connectivity index (χ2v) is 2.48. The second-order valence-electron chi connectivity index (χ2n) is 2.48. The number of phenols is 1. The lowest BCUT2D eigenvalue weighted by molar-refractivity contribution is -0.385. The van der Waals surface area contributed by atoms with Crippen LogP contribution in [-0.4, -0.2) is 28.4 Å². The molecule has 0 atom stereocenters. The zero-order chi connectivity index (χ0) is 10.6. The number of hydrogen-bond donors (Lipinski definition) is 2. The molecule has 0 spiro atoms. The lowest BCUT2D eigenvalue weighted by Crippen LogP contribution is -2.03. The summed E-state index contributed by atoms with van der Waals surface area (Å²) in [7, 11) is 0. The highest BCUT2D eigenvalue weighted by atomic mass is 16.6. The average Bonchev–Trinajstić information content (AvgIpc) is 2.14. The van der Waals surface area contributed by atoms with E-state index in [0.29, 0.717) is 0 Å². The number of nitrogens with zero attached hydrogens (tertiary/aromatic N) is 1. The van der Waals surface area contributed by atoms with Crippen molar-refractivity contribution in [2.75, 3.05) is 13.2 Å². The Morgan fingerprint density at radius 2 is 2.21 bits per heavy atom. The summed E-state index contributed by atoms with van der Waals surface area (Å²) in [5.41, 5.74) is -0.240. The van der Waals surface area contributed by atoms with Crippen LogP contribution in [0, 0.1) is 10.1 Å². The number of rotatable bonds is 4. The number of benzene rings is 1. The smallest absolute Gasteiger partial charge is 0.311 e. The van der Waals surface area contributed by atoms with Gasteiger partial charge in [0.1, 0.15) is 12.4 Å². The van der Waals surface area contributed by atoms with Crippen LogP contribution in [0.25, 0.3) is 0 Å². The third kappa shape index (κ3) is 2.33. The van der Waals surface area contributed by atoms with E-state index in [0.717, 1.165) is 12.1 Å². The van der Waals surface area contributed by atoms with Crippen molar-refractivity contribution in [2.45, 2.75) is 0 Å². The first-order valence-electron chi connectivity index (χ1n) is 3.86. The Kier molecular flexibility index (Phi) is 3.24. The molecule has 0 radical (unpaired) electrons. The highest BCUT2D eigenvalue weighted by Gasteiger charge is 2.15. The molecular weight excluding hydrogens is 190 g/mol. The summed E-state index contributed by atoms with van der Waals surface area (Å²) in [5, 5.41) is 28.0. The van der Waals surface area contributed by atoms with E-state index >= 15 is 0 Å². The fourth-order valence-electron chi connectivity index (χ4n) is 0.925. The minimum atomic E-state index is -0.619. The van der Waals surface area contributed by atoms with E-state index in [1.54, 1.807) is 0 Å². The van der Waals surface area contributed by atoms with Gasteiger partial charge in [0.25, 0.3) is 0 Å². The molecule has 2 N–H and O–H groups in total. The van der Waals surface area contributed by atoms with E-state index in [4.69, 9.17) is 14.9 Å². The molecule has 0 saturated carbocycles. The van der Waals surface area contributed by atoms with Gasteiger partial charge in [0.05, 0.1) is 11.5 Å². The molecule has 0 fully saturated rings. The highest BCUT2D eigenvalue weighted by Crippen LogP contribution is 2.30. The van der Waals surface area contributed by atoms with Crippen LogP contribution in [0.1, 0.15) is 0 Å². The lowest BCUT2D eigenvalue weighted by atomic mass is 10.3. The van der Waals surface area contributed by atoms with Gasteiger partial charge >= 0.3 is 5.69 Å². The van der Waals surface area contributed by atoms with Gasteiger partial charge in [-0.2, -0.15) is 0 Å². The molecule has 0 aliphatic carbocycles. The fourth-order valence-corrected chi connectivity index (χ4v) is 0.925. The fraction of sp³-hybridized carbons (Fsp3) is 0.250. The highest BCUT2D eigenvalue weighted by molar-refractivity contribution is 5.50. The van der Waals surface area contributed by atoms with E-state index in [9.17, 15) is 10.1 Å². The number of nitro groups is 1. The number of nitro benzene ring substituents is 1. The topological polar surface area (TPSA) is 92.8 Å². The quantitative estimate of drug-likeness (QED) is 0.549. The van der Waals surface area contributed by atoms with Crippen LogP contribution in [0.5, 0.6) is 11.5 Å². The van der Waals surface area contributed by atoms with Crippen molar-refractivity contribution in [1.29, 1.82) is 0 Å². The Bertz CT molecular complexity index is 339. The van der Waals surface area contributed by atoms with Crippen LogP contribution in [0.2, 0.25) is 0 Å². The number of aliphatic hydroxyl groups is 1. The molecule has 6 heteroatoms. The number of phenolic OH excluding ortho intramolecular Hbond substituents is 1. The van der Waals surface area contributed by atoms with Crippen molar-refractivity contribution in [1.82, 2.24) is 0 Å². The molecule has 1 rings (SSSR count). The summed E-state index contributed by atoms with van der Waals surface area (Å²) in [5.74, 6) is -0.174. The van der Waals surface area contributed by atoms with Crippen LogP contribution >= 0.6 is 0 Å². The van der Waals surface area contributed by atoms with Crippen molar-refractivity contribution in [2.24, 2.45) is 0 Å². The summed E-state index contributed by atoms with van der Waals surface area (Å²) in [6, 6.07) is 3.47. The zero-order valence-corrected chi connectivity index (χ0v) is 7.21. The lowest BCUT2D eigenvalue weighted by Gasteiger charge is -2.04. The maximum atomic E-state index is 10.5. The molecule has 0 aromatic heterocycles. The summed E-state index contributed by atoms with van der Waals surface area (Å²) >= 11 is 0. The maximum Gasteiger partial charge on any atom is 0.311 e. The standard InChI is InChI=1S/C8H9NO5/c10-3-4-14-8-5-6(11)1-2-7(8)9(12)13/h1-2,5,10-11H,3-4H2. The van der Waals surface area contributed by atoms with E-state index < -0.39 is 4.92 Å². The molecule has 0 saturated heterocycles. The average molecular weight is 199 g/mol. The normalized spacial score (nSPS) is 9.79. The molecular formula is C8H9NO5. The van der Waals surface area contributed by atoms with E-state index in [-0.39, 0.29) is 30.4 Å². The predicted octanol–water partition coefficient (Wildman–Crippen LogP) is 0.671. The van der Waals surface area contributed by atoms with Gasteiger partial charge in [-0.1, -0.05) is 0 Å². The van der Waals surface area contributed by atoms with Crippen molar-refractivity contribution >= 4 is 5.69 Å². The summed E-state index contributed by atoms with van der Waals surface area (Å²) in [4.78, 5) is 9.86. The summed E-state index contributed by atoms with van der Waals surface area (Å²) in [6.07, 6.45) is 0. The number of aliphatic hydroxyl groups excluding tert-OH is 1. The van der Waals surface area contributed by atoms with Crippen molar-refractivity contribution in [3.8, 4) is 11.5 Å². The maximum absolute atomic E-state index is 10.5. The number of hydrogen-bond acceptors (Lipinski definition) is 5. The third-order valence-corrected chi connectivity index (χ3v) is 1.49. The Morgan fingerprint density at radius 1 is 1.50 bits per heavy atom. The molecule has 1 aromatic carbocycles. The van der Waals surface area contributed by atoms with E-state index in [1.807, 2.05) is 0 Å². The van der Waals surface area contributed by atoms with Gasteiger partial charge in [-0.15, -0.1) is 0 Å². The zero-order valence-electron chi connectivity index (χ0n) is 7.21. The monoisotopic (exact) mass is 199 g/mol. The third-order valence-electron chi connectivity index (χ3n) is 1.49. The van der Waals surface area contributed by atoms with Crippen LogP contribution < -0.4 is 4.74 Å². The Morgan fingerprint density at radius 3 is 2.79 bits per heavy atom. The van der Waals surface area contributed by atoms with Gasteiger partial charge in [-0.3, -0.25) is 10.1 Å². The molecule has 0 aliphatic heterocycles. The van der Waals surface area contributed by atoms with Crippen LogP contribution in [0.4, 0.5) is 5.69 Å². The molecule has 14 heavy (non-hydrogen) atoms. The van der Waals surface area contributed by atoms with E-state index in [1.165, 1.54) is 6.07 Å². The Hall–Kier alpha value is -1.82. The molecule has 0 bridgehead atoms. The van der Waals surface area contributed by atoms with Gasteiger partial charge in [0.15, 0.2) is 0 Å². The van der Waals surface area contributed by atoms with Gasteiger partial charge in [0, 0.05) is 12.1 Å². The van der Waals surface area contributed by atoms with E-state index in [2.05, 4.69) is 0 Å². The van der Waals surface area contributed by atoms with Crippen molar-refractivity contribution in [3.05, 3.63) is 28.3 Å². The molecule has 0 aliphatic rings. The molecule has 6 nitrogen and oxygen atoms in total. The molecule has 0 amide bonds. The van der Waals surface area contributed by atoms with Crippen LogP contribution in [0.3, 0.4) is 0 Å². The summed E-state index contributed by atoms with van der Waals surface area (Å²) in [6.45, 7) is -0.295. The minimum Gasteiger partial charge on any atom is -0.508 e. The molecule has 0 unspecified atom stereocenters. The first-order chi connectivity index (χ1) is 6.65. The largest absolute Gasteiger partial charge is 0.508 e. The van der Waals surface area contributed by atoms with Gasteiger partial charge < -0.3 is 14.9 Å². The summed E-state index contributed by atoms with van der Waals surface area (Å²) < 4.78 is 4.88. The first-order valence-corrected chi connectivity index (χ1v) is 3.86. The van der Waals surface area contributed by atoms with Crippen LogP contribution in [-0.2, 0) is 0 Å². The Balaban J connectivity index is 2.97. The predicted molar refractivity (Wildman–Crippen MR) is 47.3 cm³/mol. The second kappa shape index (κ2) is 4.43. The molecule has 76 valence electrons. The first kappa shape index (κ1) is 10.3. The van der Waals surface area contributed by atoms with Crippen LogP contribution in [0.15, 0.2) is 18.2 Å². The SMILES string of the molecule is O=[N+]([O-])c1ccc(O)cc1OCCO. The van der Waals surface area contributed by atoms with Crippen molar-refractivity contribution in [3.63, 3.8) is 0 Å². The Labute approximate surface area is 79.5 Å². The molecule has 0 heterocycles. The van der Waals surface area contributed by atoms with Gasteiger partial charge in [-0.05, 0) is 6.07 Å². The van der Waals surface area contributed by atoms with Gasteiger partial charge in [0.2, 0.25) is 5.75 Å². The van der Waals surface area contributed by atoms with Crippen molar-refractivity contribution < 1.29 is 19.9 Å². The molecule has 1 aromatic rings. The number of ether oxygens (including phenoxy) is 1.